The summed E-state index contributed by atoms with van der Waals surface area (Å²) < 4.78 is 10.9. The first-order valence-electron chi connectivity index (χ1n) is 9.29. The molecule has 0 atom stereocenters. The second-order valence-corrected chi connectivity index (χ2v) is 7.07. The van der Waals surface area contributed by atoms with Crippen molar-refractivity contribution in [1.29, 1.82) is 0 Å². The number of hydrogen-bond donors (Lipinski definition) is 1. The van der Waals surface area contributed by atoms with Gasteiger partial charge in [0.2, 0.25) is 0 Å². The Morgan fingerprint density at radius 2 is 1.97 bits per heavy atom. The molecule has 4 rings (SSSR count). The molecule has 2 aromatic carbocycles. The number of amides is 1. The van der Waals surface area contributed by atoms with Gasteiger partial charge in [-0.1, -0.05) is 29.8 Å². The van der Waals surface area contributed by atoms with Crippen molar-refractivity contribution in [3.63, 3.8) is 0 Å². The molecule has 0 spiro atoms. The number of furan rings is 1. The molecule has 2 heterocycles. The third-order valence-corrected chi connectivity index (χ3v) is 4.55. The van der Waals surface area contributed by atoms with Crippen molar-refractivity contribution in [3.8, 4) is 5.69 Å². The van der Waals surface area contributed by atoms with Crippen LogP contribution in [0.25, 0.3) is 5.69 Å². The van der Waals surface area contributed by atoms with E-state index in [9.17, 15) is 4.79 Å². The molecule has 152 valence electrons. The van der Waals surface area contributed by atoms with Crippen LogP contribution in [-0.2, 0) is 18.0 Å². The first-order valence-corrected chi connectivity index (χ1v) is 9.66. The predicted molar refractivity (Wildman–Crippen MR) is 113 cm³/mol. The van der Waals surface area contributed by atoms with E-state index in [0.717, 1.165) is 11.3 Å². The molecular formula is C22H19ClN4O3. The molecule has 0 saturated heterocycles. The second-order valence-electron chi connectivity index (χ2n) is 6.63. The zero-order valence-electron chi connectivity index (χ0n) is 16.2. The molecule has 1 N–H and O–H groups in total. The van der Waals surface area contributed by atoms with Crippen LogP contribution in [0, 0.1) is 6.92 Å². The fourth-order valence-electron chi connectivity index (χ4n) is 2.90. The minimum atomic E-state index is -0.338. The van der Waals surface area contributed by atoms with Gasteiger partial charge in [0.25, 0.3) is 5.91 Å². The fraction of sp³-hybridized carbons (Fsp3) is 0.136. The molecule has 0 aliphatic carbocycles. The van der Waals surface area contributed by atoms with Crippen LogP contribution in [0.4, 0.5) is 5.69 Å². The summed E-state index contributed by atoms with van der Waals surface area (Å²) in [5.74, 6) is 0.423. The Labute approximate surface area is 178 Å². The van der Waals surface area contributed by atoms with Crippen LogP contribution in [0.5, 0.6) is 0 Å². The molecule has 0 aliphatic rings. The van der Waals surface area contributed by atoms with Gasteiger partial charge in [-0.25, -0.2) is 0 Å². The van der Waals surface area contributed by atoms with Gasteiger partial charge in [0.05, 0.1) is 24.3 Å². The molecule has 0 saturated carbocycles. The van der Waals surface area contributed by atoms with E-state index in [4.69, 9.17) is 20.8 Å². The van der Waals surface area contributed by atoms with Gasteiger partial charge < -0.3 is 14.5 Å². The minimum absolute atomic E-state index is 0.245. The van der Waals surface area contributed by atoms with E-state index in [2.05, 4.69) is 15.5 Å². The number of carbonyl (C=O) groups excluding carboxylic acids is 1. The third-order valence-electron chi connectivity index (χ3n) is 4.31. The van der Waals surface area contributed by atoms with Gasteiger partial charge in [-0.3, -0.25) is 4.79 Å². The number of rotatable bonds is 7. The molecule has 1 amide bonds. The number of carbonyl (C=O) groups is 1. The average Bonchev–Trinajstić information content (AvgIpc) is 3.38. The van der Waals surface area contributed by atoms with Crippen molar-refractivity contribution in [3.05, 3.63) is 94.7 Å². The summed E-state index contributed by atoms with van der Waals surface area (Å²) in [5.41, 5.74) is 3.02. The molecule has 8 heteroatoms. The fourth-order valence-corrected chi connectivity index (χ4v) is 3.08. The summed E-state index contributed by atoms with van der Waals surface area (Å²) >= 11 is 6.03. The number of aromatic nitrogens is 3. The number of hydrogen-bond acceptors (Lipinski definition) is 5. The largest absolute Gasteiger partial charge is 0.467 e. The van der Waals surface area contributed by atoms with Gasteiger partial charge in [0, 0.05) is 10.7 Å². The Hall–Kier alpha value is -3.42. The van der Waals surface area contributed by atoms with Crippen LogP contribution in [0.1, 0.15) is 27.5 Å². The number of nitrogens with zero attached hydrogens (tertiary/aromatic N) is 3. The zero-order chi connectivity index (χ0) is 20.9. The maximum atomic E-state index is 12.7. The number of aryl methyl sites for hydroxylation is 1. The van der Waals surface area contributed by atoms with Crippen molar-refractivity contribution in [2.24, 2.45) is 0 Å². The Morgan fingerprint density at radius 3 is 2.77 bits per heavy atom. The van der Waals surface area contributed by atoms with Crippen molar-refractivity contribution in [1.82, 2.24) is 15.0 Å². The lowest BCUT2D eigenvalue weighted by Gasteiger charge is -2.07. The van der Waals surface area contributed by atoms with Gasteiger partial charge in [0.15, 0.2) is 5.69 Å². The highest BCUT2D eigenvalue weighted by Crippen LogP contribution is 2.17. The van der Waals surface area contributed by atoms with Crippen molar-refractivity contribution >= 4 is 23.2 Å². The topological polar surface area (TPSA) is 82.2 Å². The molecule has 0 fully saturated rings. The Kier molecular flexibility index (Phi) is 5.92. The molecule has 7 nitrogen and oxygen atoms in total. The maximum Gasteiger partial charge on any atom is 0.278 e. The lowest BCUT2D eigenvalue weighted by molar-refractivity contribution is 0.0929. The average molecular weight is 423 g/mol. The van der Waals surface area contributed by atoms with E-state index in [1.165, 1.54) is 4.80 Å². The van der Waals surface area contributed by atoms with E-state index in [0.29, 0.717) is 35.3 Å². The summed E-state index contributed by atoms with van der Waals surface area (Å²) in [6.07, 6.45) is 1.61. The van der Waals surface area contributed by atoms with Gasteiger partial charge in [0.1, 0.15) is 12.4 Å². The molecule has 0 bridgehead atoms. The van der Waals surface area contributed by atoms with Crippen LogP contribution >= 0.6 is 11.6 Å². The zero-order valence-corrected chi connectivity index (χ0v) is 17.0. The molecule has 30 heavy (non-hydrogen) atoms. The van der Waals surface area contributed by atoms with E-state index in [1.54, 1.807) is 31.4 Å². The van der Waals surface area contributed by atoms with Crippen molar-refractivity contribution in [2.45, 2.75) is 20.1 Å². The predicted octanol–water partition coefficient (Wildman–Crippen LogP) is 4.79. The molecule has 0 radical (unpaired) electrons. The normalized spacial score (nSPS) is 10.9. The van der Waals surface area contributed by atoms with E-state index < -0.39 is 0 Å². The van der Waals surface area contributed by atoms with Crippen LogP contribution in [0.3, 0.4) is 0 Å². The number of ether oxygens (including phenoxy) is 1. The van der Waals surface area contributed by atoms with Crippen LogP contribution in [0.15, 0.2) is 71.3 Å². The Balaban J connectivity index is 1.42. The smallest absolute Gasteiger partial charge is 0.278 e. The van der Waals surface area contributed by atoms with Crippen LogP contribution in [0.2, 0.25) is 5.02 Å². The number of benzene rings is 2. The summed E-state index contributed by atoms with van der Waals surface area (Å²) in [6, 6.07) is 18.2. The second kappa shape index (κ2) is 8.94. The third kappa shape index (κ3) is 4.76. The van der Waals surface area contributed by atoms with Crippen LogP contribution < -0.4 is 5.32 Å². The van der Waals surface area contributed by atoms with Gasteiger partial charge in [-0.15, -0.1) is 5.10 Å². The standard InChI is InChI=1S/C22H19ClN4O3/c1-15-21(26-27(25-15)19-8-3-6-17(23)12-19)22(28)24-18-7-2-5-16(11-18)13-29-14-20-9-4-10-30-20/h2-12H,13-14H2,1H3,(H,24,28). The molecule has 0 aliphatic heterocycles. The Bertz CT molecular complexity index is 1150. The highest BCUT2D eigenvalue weighted by Gasteiger charge is 2.17. The maximum absolute atomic E-state index is 12.7. The van der Waals surface area contributed by atoms with Gasteiger partial charge >= 0.3 is 0 Å². The molecule has 2 aromatic heterocycles. The lowest BCUT2D eigenvalue weighted by atomic mass is 10.2. The quantitative estimate of drug-likeness (QED) is 0.463. The summed E-state index contributed by atoms with van der Waals surface area (Å²) in [6.45, 7) is 2.52. The Morgan fingerprint density at radius 1 is 1.10 bits per heavy atom. The molecule has 4 aromatic rings. The van der Waals surface area contributed by atoms with E-state index in [1.807, 2.05) is 42.5 Å². The van der Waals surface area contributed by atoms with Gasteiger partial charge in [-0.05, 0) is 55.0 Å². The van der Waals surface area contributed by atoms with Gasteiger partial charge in [-0.2, -0.15) is 9.90 Å². The summed E-state index contributed by atoms with van der Waals surface area (Å²) in [5, 5.41) is 12.1. The number of halogens is 1. The minimum Gasteiger partial charge on any atom is -0.467 e. The SMILES string of the molecule is Cc1nn(-c2cccc(Cl)c2)nc1C(=O)Nc1cccc(COCc2ccco2)c1. The van der Waals surface area contributed by atoms with Crippen LogP contribution in [-0.4, -0.2) is 20.9 Å². The first kappa shape index (κ1) is 19.9. The molecular weight excluding hydrogens is 404 g/mol. The van der Waals surface area contributed by atoms with Crippen molar-refractivity contribution in [2.75, 3.05) is 5.32 Å². The highest BCUT2D eigenvalue weighted by molar-refractivity contribution is 6.30. The monoisotopic (exact) mass is 422 g/mol. The number of anilines is 1. The van der Waals surface area contributed by atoms with E-state index >= 15 is 0 Å². The summed E-state index contributed by atoms with van der Waals surface area (Å²) in [4.78, 5) is 14.1. The summed E-state index contributed by atoms with van der Waals surface area (Å²) in [7, 11) is 0. The first-order chi connectivity index (χ1) is 14.6. The molecule has 0 unspecified atom stereocenters. The highest BCUT2D eigenvalue weighted by atomic mass is 35.5. The van der Waals surface area contributed by atoms with Crippen molar-refractivity contribution < 1.29 is 13.9 Å². The lowest BCUT2D eigenvalue weighted by Crippen LogP contribution is -2.14. The van der Waals surface area contributed by atoms with E-state index in [-0.39, 0.29) is 11.6 Å². The number of nitrogens with one attached hydrogen (secondary N) is 1.